The first kappa shape index (κ1) is 16.7. The van der Waals surface area contributed by atoms with Gasteiger partial charge in [-0.25, -0.2) is 4.98 Å². The standard InChI is InChI=1S/C17H17N5O3/c1-11-3-2-4-22-15(11)20-16(21-5-7-25-8-6-21)13(17(22)24)9-12(10-18)14(19)23/h2-4,9H,5-8H2,1H3,(H2,19,23)/b12-9-. The first-order chi connectivity index (χ1) is 12.0. The minimum absolute atomic E-state index is 0.167. The number of rotatable bonds is 3. The Morgan fingerprint density at radius 2 is 2.16 bits per heavy atom. The lowest BCUT2D eigenvalue weighted by Crippen LogP contribution is -2.38. The van der Waals surface area contributed by atoms with Crippen molar-refractivity contribution in [3.8, 4) is 6.07 Å². The Bertz CT molecular complexity index is 965. The second-order valence-electron chi connectivity index (χ2n) is 5.67. The van der Waals surface area contributed by atoms with Crippen LogP contribution in [0.3, 0.4) is 0 Å². The molecule has 0 bridgehead atoms. The largest absolute Gasteiger partial charge is 0.378 e. The molecule has 1 saturated heterocycles. The van der Waals surface area contributed by atoms with Gasteiger partial charge >= 0.3 is 0 Å². The number of hydrogen-bond donors (Lipinski definition) is 1. The molecule has 0 aliphatic carbocycles. The van der Waals surface area contributed by atoms with Crippen molar-refractivity contribution < 1.29 is 9.53 Å². The highest BCUT2D eigenvalue weighted by Crippen LogP contribution is 2.21. The molecule has 128 valence electrons. The summed E-state index contributed by atoms with van der Waals surface area (Å²) in [5.41, 5.74) is 6.12. The van der Waals surface area contributed by atoms with Crippen LogP contribution in [-0.4, -0.2) is 41.6 Å². The molecule has 2 aromatic heterocycles. The number of carbonyl (C=O) groups is 1. The number of hydrogen-bond acceptors (Lipinski definition) is 6. The van der Waals surface area contributed by atoms with E-state index in [9.17, 15) is 9.59 Å². The van der Waals surface area contributed by atoms with Crippen molar-refractivity contribution in [2.45, 2.75) is 6.92 Å². The van der Waals surface area contributed by atoms with Crippen LogP contribution in [0.2, 0.25) is 0 Å². The highest BCUT2D eigenvalue weighted by Gasteiger charge is 2.21. The van der Waals surface area contributed by atoms with Crippen molar-refractivity contribution in [3.05, 3.63) is 45.4 Å². The van der Waals surface area contributed by atoms with Gasteiger partial charge in [-0.3, -0.25) is 14.0 Å². The number of aromatic nitrogens is 2. The average Bonchev–Trinajstić information content (AvgIpc) is 2.62. The van der Waals surface area contributed by atoms with Gasteiger partial charge in [-0.2, -0.15) is 5.26 Å². The topological polar surface area (TPSA) is 114 Å². The summed E-state index contributed by atoms with van der Waals surface area (Å²) >= 11 is 0. The van der Waals surface area contributed by atoms with Gasteiger partial charge in [0.25, 0.3) is 11.5 Å². The SMILES string of the molecule is Cc1cccn2c(=O)c(/C=C(/C#N)C(N)=O)c(N3CCOCC3)nc12. The van der Waals surface area contributed by atoms with Crippen molar-refractivity contribution in [1.82, 2.24) is 9.38 Å². The fourth-order valence-electron chi connectivity index (χ4n) is 2.75. The normalized spacial score (nSPS) is 15.2. The number of primary amides is 1. The summed E-state index contributed by atoms with van der Waals surface area (Å²) in [5, 5.41) is 9.13. The van der Waals surface area contributed by atoms with Crippen LogP contribution in [0.5, 0.6) is 0 Å². The van der Waals surface area contributed by atoms with Crippen LogP contribution in [0, 0.1) is 18.3 Å². The third-order valence-corrected chi connectivity index (χ3v) is 4.05. The van der Waals surface area contributed by atoms with Gasteiger partial charge in [-0.1, -0.05) is 6.07 Å². The number of anilines is 1. The molecule has 8 heteroatoms. The maximum Gasteiger partial charge on any atom is 0.267 e. The predicted molar refractivity (Wildman–Crippen MR) is 92.0 cm³/mol. The number of nitrogens with zero attached hydrogens (tertiary/aromatic N) is 4. The van der Waals surface area contributed by atoms with E-state index < -0.39 is 5.91 Å². The van der Waals surface area contributed by atoms with Crippen LogP contribution in [0.4, 0.5) is 5.82 Å². The maximum absolute atomic E-state index is 13.0. The quantitative estimate of drug-likeness (QED) is 0.632. The number of nitrogens with two attached hydrogens (primary N) is 1. The summed E-state index contributed by atoms with van der Waals surface area (Å²) in [6.07, 6.45) is 2.83. The molecule has 1 fully saturated rings. The number of amides is 1. The Kier molecular flexibility index (Phi) is 4.50. The minimum Gasteiger partial charge on any atom is -0.378 e. The second-order valence-corrected chi connectivity index (χ2v) is 5.67. The van der Waals surface area contributed by atoms with Crippen molar-refractivity contribution in [3.63, 3.8) is 0 Å². The maximum atomic E-state index is 13.0. The number of fused-ring (bicyclic) bond motifs is 1. The number of morpholine rings is 1. The van der Waals surface area contributed by atoms with E-state index in [2.05, 4.69) is 4.98 Å². The molecule has 2 N–H and O–H groups in total. The van der Waals surface area contributed by atoms with E-state index in [4.69, 9.17) is 15.7 Å². The fraction of sp³-hybridized carbons (Fsp3) is 0.294. The van der Waals surface area contributed by atoms with E-state index in [-0.39, 0.29) is 16.7 Å². The van der Waals surface area contributed by atoms with Crippen LogP contribution in [0.25, 0.3) is 11.7 Å². The van der Waals surface area contributed by atoms with Crippen LogP contribution >= 0.6 is 0 Å². The Balaban J connectivity index is 2.32. The number of aryl methyl sites for hydroxylation is 1. The molecule has 1 aliphatic heterocycles. The van der Waals surface area contributed by atoms with E-state index in [1.54, 1.807) is 18.3 Å². The monoisotopic (exact) mass is 339 g/mol. The molecule has 0 spiro atoms. The molecule has 0 atom stereocenters. The molecular weight excluding hydrogens is 322 g/mol. The molecule has 0 unspecified atom stereocenters. The summed E-state index contributed by atoms with van der Waals surface area (Å²) in [6.45, 7) is 4.02. The molecule has 8 nitrogen and oxygen atoms in total. The zero-order chi connectivity index (χ0) is 18.0. The Morgan fingerprint density at radius 3 is 2.80 bits per heavy atom. The minimum atomic E-state index is -0.885. The first-order valence-electron chi connectivity index (χ1n) is 7.79. The van der Waals surface area contributed by atoms with Crippen LogP contribution in [0.1, 0.15) is 11.1 Å². The molecular formula is C17H17N5O3. The molecule has 3 rings (SSSR count). The highest BCUT2D eigenvalue weighted by molar-refractivity contribution is 6.01. The summed E-state index contributed by atoms with van der Waals surface area (Å²) < 4.78 is 6.75. The highest BCUT2D eigenvalue weighted by atomic mass is 16.5. The lowest BCUT2D eigenvalue weighted by Gasteiger charge is -2.29. The first-order valence-corrected chi connectivity index (χ1v) is 7.79. The summed E-state index contributed by atoms with van der Waals surface area (Å²) in [7, 11) is 0. The zero-order valence-electron chi connectivity index (χ0n) is 13.7. The van der Waals surface area contributed by atoms with E-state index >= 15 is 0 Å². The second kappa shape index (κ2) is 6.75. The summed E-state index contributed by atoms with van der Waals surface area (Å²) in [4.78, 5) is 30.9. The van der Waals surface area contributed by atoms with Crippen molar-refractivity contribution in [2.75, 3.05) is 31.2 Å². The molecule has 0 aromatic carbocycles. The van der Waals surface area contributed by atoms with Gasteiger partial charge in [0.2, 0.25) is 0 Å². The van der Waals surface area contributed by atoms with Crippen molar-refractivity contribution in [1.29, 1.82) is 5.26 Å². The van der Waals surface area contributed by atoms with E-state index in [0.29, 0.717) is 37.8 Å². The predicted octanol–water partition coefficient (Wildman–Crippen LogP) is 0.232. The van der Waals surface area contributed by atoms with E-state index in [1.165, 1.54) is 10.5 Å². The van der Waals surface area contributed by atoms with E-state index in [1.807, 2.05) is 17.9 Å². The van der Waals surface area contributed by atoms with Crippen LogP contribution in [-0.2, 0) is 9.53 Å². The lowest BCUT2D eigenvalue weighted by atomic mass is 10.1. The zero-order valence-corrected chi connectivity index (χ0v) is 13.7. The van der Waals surface area contributed by atoms with Gasteiger partial charge in [0.15, 0.2) is 0 Å². The Morgan fingerprint density at radius 1 is 1.44 bits per heavy atom. The number of pyridine rings is 1. The van der Waals surface area contributed by atoms with Gasteiger partial charge in [0.05, 0.1) is 18.8 Å². The van der Waals surface area contributed by atoms with Gasteiger partial charge < -0.3 is 15.4 Å². The van der Waals surface area contributed by atoms with Gasteiger partial charge in [0, 0.05) is 19.3 Å². The number of carbonyl (C=O) groups excluding carboxylic acids is 1. The lowest BCUT2D eigenvalue weighted by molar-refractivity contribution is -0.114. The molecule has 0 radical (unpaired) electrons. The van der Waals surface area contributed by atoms with Gasteiger partial charge in [-0.15, -0.1) is 0 Å². The molecule has 3 heterocycles. The Labute approximate surface area is 143 Å². The molecule has 1 amide bonds. The van der Waals surface area contributed by atoms with Crippen LogP contribution < -0.4 is 16.2 Å². The number of nitriles is 1. The van der Waals surface area contributed by atoms with Crippen molar-refractivity contribution >= 4 is 23.4 Å². The number of ether oxygens (including phenoxy) is 1. The molecule has 0 saturated carbocycles. The summed E-state index contributed by atoms with van der Waals surface area (Å²) in [5.74, 6) is -0.458. The van der Waals surface area contributed by atoms with Gasteiger partial charge in [0.1, 0.15) is 23.1 Å². The average molecular weight is 339 g/mol. The molecule has 2 aromatic rings. The third-order valence-electron chi connectivity index (χ3n) is 4.05. The van der Waals surface area contributed by atoms with Crippen molar-refractivity contribution in [2.24, 2.45) is 5.73 Å². The summed E-state index contributed by atoms with van der Waals surface area (Å²) in [6, 6.07) is 5.34. The third kappa shape index (κ3) is 3.09. The fourth-order valence-corrected chi connectivity index (χ4v) is 2.75. The smallest absolute Gasteiger partial charge is 0.267 e. The van der Waals surface area contributed by atoms with E-state index in [0.717, 1.165) is 5.56 Å². The van der Waals surface area contributed by atoms with Gasteiger partial charge in [-0.05, 0) is 24.6 Å². The van der Waals surface area contributed by atoms with Crippen LogP contribution in [0.15, 0.2) is 28.7 Å². The molecule has 25 heavy (non-hydrogen) atoms. The Hall–Kier alpha value is -3.18. The molecule has 1 aliphatic rings.